The third-order valence-corrected chi connectivity index (χ3v) is 8.73. The summed E-state index contributed by atoms with van der Waals surface area (Å²) in [5.74, 6) is -9.96. The zero-order chi connectivity index (χ0) is 27.7. The molecule has 5 rings (SSSR count). The Hall–Kier alpha value is -3.65. The lowest BCUT2D eigenvalue weighted by atomic mass is 9.53. The van der Waals surface area contributed by atoms with Crippen LogP contribution in [0.1, 0.15) is 66.6 Å². The number of aliphatic hydroxyl groups is 1. The molecule has 0 aliphatic heterocycles. The van der Waals surface area contributed by atoms with Crippen molar-refractivity contribution in [1.82, 2.24) is 0 Å². The van der Waals surface area contributed by atoms with Crippen molar-refractivity contribution >= 4 is 29.0 Å². The number of amides is 1. The van der Waals surface area contributed by atoms with Crippen molar-refractivity contribution in [2.75, 3.05) is 0 Å². The van der Waals surface area contributed by atoms with Crippen LogP contribution < -0.4 is 5.73 Å². The zero-order valence-electron chi connectivity index (χ0n) is 21.6. The summed E-state index contributed by atoms with van der Waals surface area (Å²) >= 11 is 0. The van der Waals surface area contributed by atoms with E-state index in [0.29, 0.717) is 11.1 Å². The first-order valence-corrected chi connectivity index (χ1v) is 13.1. The van der Waals surface area contributed by atoms with E-state index in [1.165, 1.54) is 0 Å². The molecular formula is C30H31NO7. The van der Waals surface area contributed by atoms with E-state index in [1.807, 2.05) is 51.1 Å². The molecule has 0 bridgehead atoms. The number of rotatable bonds is 4. The largest absolute Gasteiger partial charge is 0.507 e. The molecule has 0 radical (unpaired) electrons. The Bertz CT molecular complexity index is 1410. The summed E-state index contributed by atoms with van der Waals surface area (Å²) in [5.41, 5.74) is 6.47. The highest BCUT2D eigenvalue weighted by molar-refractivity contribution is 6.31. The molecule has 3 aliphatic rings. The first kappa shape index (κ1) is 26.0. The molecule has 0 saturated heterocycles. The number of carbonyl (C=O) groups excluding carboxylic acids is 5. The summed E-state index contributed by atoms with van der Waals surface area (Å²) in [4.78, 5) is 65.2. The van der Waals surface area contributed by atoms with Crippen molar-refractivity contribution in [1.29, 1.82) is 0 Å². The van der Waals surface area contributed by atoms with Crippen LogP contribution in [-0.4, -0.2) is 44.9 Å². The first-order chi connectivity index (χ1) is 17.9. The van der Waals surface area contributed by atoms with Crippen molar-refractivity contribution < 1.29 is 34.2 Å². The number of primary amides is 1. The topological polar surface area (TPSA) is 152 Å². The zero-order valence-corrected chi connectivity index (χ0v) is 21.6. The molecule has 8 nitrogen and oxygen atoms in total. The maximum atomic E-state index is 14.0. The molecule has 1 amide bonds. The summed E-state index contributed by atoms with van der Waals surface area (Å²) in [7, 11) is 0. The number of carbonyl (C=O) groups is 5. The Kier molecular flexibility index (Phi) is 6.14. The molecule has 0 spiro atoms. The number of nitrogens with two attached hydrogens (primary N) is 1. The minimum absolute atomic E-state index is 0.00718. The maximum absolute atomic E-state index is 14.0. The smallest absolute Gasteiger partial charge is 0.235 e. The number of aromatic hydroxyl groups is 1. The Morgan fingerprint density at radius 3 is 2.32 bits per heavy atom. The summed E-state index contributed by atoms with van der Waals surface area (Å²) in [6, 6.07) is 9.54. The molecule has 198 valence electrons. The van der Waals surface area contributed by atoms with Gasteiger partial charge >= 0.3 is 0 Å². The standard InChI is InChI=1S/C30H31NO7/c1-4-14-5-7-15(8-6-14)19-12-18(13(2)3)20-10-16-9-17-11-21(32)24(29(31)37)28(36)30(17,38)27(35)22(16)26(34)23(20)25(19)33/h5-8,12-13,16-17,22,24,33,38H,4,9-11H2,1-3H3,(H2,31,37)/t16-,17+,22?,24?,30+/m1/s1. The first-order valence-electron chi connectivity index (χ1n) is 13.1. The van der Waals surface area contributed by atoms with Crippen LogP contribution in [-0.2, 0) is 32.0 Å². The molecule has 2 unspecified atom stereocenters. The van der Waals surface area contributed by atoms with Gasteiger partial charge in [0.05, 0.1) is 11.5 Å². The van der Waals surface area contributed by atoms with Gasteiger partial charge in [-0.15, -0.1) is 0 Å². The molecule has 8 heteroatoms. The molecule has 2 fully saturated rings. The minimum Gasteiger partial charge on any atom is -0.507 e. The second-order valence-electron chi connectivity index (χ2n) is 11.2. The van der Waals surface area contributed by atoms with Gasteiger partial charge in [-0.3, -0.25) is 24.0 Å². The second-order valence-corrected chi connectivity index (χ2v) is 11.2. The molecule has 0 heterocycles. The van der Waals surface area contributed by atoms with Gasteiger partial charge in [0, 0.05) is 17.9 Å². The van der Waals surface area contributed by atoms with Crippen LogP contribution in [0.25, 0.3) is 11.1 Å². The molecule has 38 heavy (non-hydrogen) atoms. The van der Waals surface area contributed by atoms with E-state index in [2.05, 4.69) is 0 Å². The molecule has 5 atom stereocenters. The third-order valence-electron chi connectivity index (χ3n) is 8.73. The molecule has 0 aromatic heterocycles. The van der Waals surface area contributed by atoms with Gasteiger partial charge in [-0.1, -0.05) is 45.0 Å². The van der Waals surface area contributed by atoms with Crippen LogP contribution in [0.3, 0.4) is 0 Å². The van der Waals surface area contributed by atoms with Gasteiger partial charge in [0.25, 0.3) is 0 Å². The fourth-order valence-corrected chi connectivity index (χ4v) is 6.72. The van der Waals surface area contributed by atoms with Gasteiger partial charge in [-0.05, 0) is 59.4 Å². The fraction of sp³-hybridized carbons (Fsp3) is 0.433. The van der Waals surface area contributed by atoms with E-state index in [1.54, 1.807) is 0 Å². The predicted octanol–water partition coefficient (Wildman–Crippen LogP) is 2.68. The number of phenols is 1. The van der Waals surface area contributed by atoms with Crippen molar-refractivity contribution in [3.63, 3.8) is 0 Å². The third kappa shape index (κ3) is 3.57. The van der Waals surface area contributed by atoms with E-state index < -0.39 is 58.3 Å². The highest BCUT2D eigenvalue weighted by atomic mass is 16.3. The molecule has 2 saturated carbocycles. The normalized spacial score (nSPS) is 28.7. The number of phenolic OH excluding ortho intramolecular Hbond substituents is 1. The van der Waals surface area contributed by atoms with Crippen LogP contribution in [0.15, 0.2) is 30.3 Å². The van der Waals surface area contributed by atoms with Crippen LogP contribution in [0, 0.1) is 23.7 Å². The van der Waals surface area contributed by atoms with E-state index in [-0.39, 0.29) is 36.5 Å². The lowest BCUT2D eigenvalue weighted by molar-refractivity contribution is -0.175. The molecule has 3 aliphatic carbocycles. The second kappa shape index (κ2) is 8.98. The van der Waals surface area contributed by atoms with Gasteiger partial charge in [0.15, 0.2) is 34.7 Å². The van der Waals surface area contributed by atoms with E-state index >= 15 is 0 Å². The van der Waals surface area contributed by atoms with Crippen molar-refractivity contribution in [3.8, 4) is 16.9 Å². The maximum Gasteiger partial charge on any atom is 0.235 e. The van der Waals surface area contributed by atoms with E-state index in [4.69, 9.17) is 5.73 Å². The van der Waals surface area contributed by atoms with Gasteiger partial charge in [0.1, 0.15) is 5.75 Å². The lowest BCUT2D eigenvalue weighted by Gasteiger charge is -2.48. The van der Waals surface area contributed by atoms with Crippen LogP contribution in [0.4, 0.5) is 0 Å². The predicted molar refractivity (Wildman–Crippen MR) is 137 cm³/mol. The number of aryl methyl sites for hydroxylation is 1. The van der Waals surface area contributed by atoms with Crippen LogP contribution >= 0.6 is 0 Å². The molecular weight excluding hydrogens is 486 g/mol. The fourth-order valence-electron chi connectivity index (χ4n) is 6.72. The van der Waals surface area contributed by atoms with Crippen molar-refractivity contribution in [2.45, 2.75) is 58.0 Å². The van der Waals surface area contributed by atoms with Gasteiger partial charge < -0.3 is 15.9 Å². The number of ketones is 4. The summed E-state index contributed by atoms with van der Waals surface area (Å²) < 4.78 is 0. The number of fused-ring (bicyclic) bond motifs is 3. The Labute approximate surface area is 220 Å². The Balaban J connectivity index is 1.64. The van der Waals surface area contributed by atoms with Crippen molar-refractivity contribution in [2.24, 2.45) is 29.4 Å². The number of hydrogen-bond donors (Lipinski definition) is 3. The lowest BCUT2D eigenvalue weighted by Crippen LogP contribution is -2.68. The highest BCUT2D eigenvalue weighted by Crippen LogP contribution is 2.52. The van der Waals surface area contributed by atoms with Crippen LogP contribution in [0.5, 0.6) is 5.75 Å². The van der Waals surface area contributed by atoms with E-state index in [9.17, 15) is 34.2 Å². The highest BCUT2D eigenvalue weighted by Gasteiger charge is 2.66. The SMILES string of the molecule is CCc1ccc(-c2cc(C(C)C)c3c(c2O)C(=O)C2C(=O)[C@]4(O)C(=O)C(C(N)=O)C(=O)C[C@@H]4C[C@@H]2C3)cc1. The number of hydrogen-bond acceptors (Lipinski definition) is 7. The van der Waals surface area contributed by atoms with E-state index in [0.717, 1.165) is 23.1 Å². The monoisotopic (exact) mass is 517 g/mol. The molecule has 4 N–H and O–H groups in total. The average Bonchev–Trinajstić information content (AvgIpc) is 2.86. The minimum atomic E-state index is -2.65. The van der Waals surface area contributed by atoms with Gasteiger partial charge in [-0.2, -0.15) is 0 Å². The molecule has 2 aromatic carbocycles. The van der Waals surface area contributed by atoms with Crippen LogP contribution in [0.2, 0.25) is 0 Å². The summed E-state index contributed by atoms with van der Waals surface area (Å²) in [5, 5.41) is 22.8. The van der Waals surface area contributed by atoms with Gasteiger partial charge in [-0.25, -0.2) is 0 Å². The Morgan fingerprint density at radius 2 is 1.74 bits per heavy atom. The average molecular weight is 518 g/mol. The van der Waals surface area contributed by atoms with Crippen molar-refractivity contribution in [3.05, 3.63) is 52.6 Å². The number of Topliss-reactive ketones (excluding diaryl/α,β-unsaturated/α-hetero) is 4. The Morgan fingerprint density at radius 1 is 1.08 bits per heavy atom. The molecule has 2 aromatic rings. The van der Waals surface area contributed by atoms with Gasteiger partial charge in [0.2, 0.25) is 5.91 Å². The quantitative estimate of drug-likeness (QED) is 0.527. The number of benzene rings is 2. The summed E-state index contributed by atoms with van der Waals surface area (Å²) in [6.45, 7) is 6.01. The summed E-state index contributed by atoms with van der Waals surface area (Å²) in [6.07, 6.45) is 0.865.